The molecule has 0 atom stereocenters. The Bertz CT molecular complexity index is 834. The zero-order valence-corrected chi connectivity index (χ0v) is 9.68. The lowest BCUT2D eigenvalue weighted by atomic mass is 10.3. The van der Waals surface area contributed by atoms with Crippen LogP contribution in [0.1, 0.15) is 0 Å². The molecule has 3 aromatic rings. The Morgan fingerprint density at radius 3 is 2.45 bits per heavy atom. The van der Waals surface area contributed by atoms with Crippen molar-refractivity contribution in [3.8, 4) is 11.7 Å². The highest BCUT2D eigenvalue weighted by atomic mass is 16.6. The van der Waals surface area contributed by atoms with E-state index in [-0.39, 0.29) is 22.9 Å². The van der Waals surface area contributed by atoms with Crippen molar-refractivity contribution in [3.05, 3.63) is 50.6 Å². The summed E-state index contributed by atoms with van der Waals surface area (Å²) < 4.78 is 10.3. The maximum Gasteiger partial charge on any atom is 0.433 e. The Balaban J connectivity index is 2.07. The second-order valence-corrected chi connectivity index (χ2v) is 3.82. The number of hydrogen-bond donors (Lipinski definition) is 0. The molecule has 100 valence electrons. The summed E-state index contributed by atoms with van der Waals surface area (Å²) in [5.74, 6) is -0.336. The summed E-state index contributed by atoms with van der Waals surface area (Å²) in [4.78, 5) is 24.0. The first-order chi connectivity index (χ1) is 9.54. The molecule has 0 amide bonds. The van der Waals surface area contributed by atoms with Crippen molar-refractivity contribution in [2.24, 2.45) is 0 Å². The van der Waals surface area contributed by atoms with Gasteiger partial charge in [0.25, 0.3) is 11.6 Å². The molecule has 1 aromatic carbocycles. The first-order valence-corrected chi connectivity index (χ1v) is 5.34. The molecule has 3 rings (SSSR count). The van der Waals surface area contributed by atoms with Crippen LogP contribution in [0.15, 0.2) is 39.2 Å². The highest BCUT2D eigenvalue weighted by Gasteiger charge is 2.18. The van der Waals surface area contributed by atoms with Crippen LogP contribution in [0.5, 0.6) is 0 Å². The highest BCUT2D eigenvalue weighted by Crippen LogP contribution is 2.29. The van der Waals surface area contributed by atoms with Crippen LogP contribution in [-0.4, -0.2) is 14.8 Å². The van der Waals surface area contributed by atoms with Gasteiger partial charge >= 0.3 is 5.88 Å². The van der Waals surface area contributed by atoms with E-state index in [0.717, 1.165) is 0 Å². The number of hydrogen-bond acceptors (Lipinski definition) is 7. The second-order valence-electron chi connectivity index (χ2n) is 3.82. The van der Waals surface area contributed by atoms with Crippen LogP contribution in [0, 0.1) is 20.2 Å². The lowest BCUT2D eigenvalue weighted by Crippen LogP contribution is -1.86. The molecule has 0 aliphatic heterocycles. The molecule has 9 heteroatoms. The normalized spacial score (nSPS) is 10.8. The van der Waals surface area contributed by atoms with Crippen LogP contribution in [0.3, 0.4) is 0 Å². The van der Waals surface area contributed by atoms with E-state index in [1.54, 1.807) is 0 Å². The lowest BCUT2D eigenvalue weighted by molar-refractivity contribution is -0.401. The number of oxazole rings is 1. The fraction of sp³-hybridized carbons (Fsp3) is 0. The SMILES string of the molecule is O=[N+]([O-])c1ccc2oc(-c3ccc([N+](=O)[O-])o3)nc2c1. The number of furan rings is 1. The van der Waals surface area contributed by atoms with Crippen LogP contribution in [0.2, 0.25) is 0 Å². The number of non-ortho nitro benzene ring substituents is 1. The van der Waals surface area contributed by atoms with E-state index < -0.39 is 15.7 Å². The molecule has 0 radical (unpaired) electrons. The minimum atomic E-state index is -0.684. The fourth-order valence-electron chi connectivity index (χ4n) is 1.68. The molecule has 20 heavy (non-hydrogen) atoms. The topological polar surface area (TPSA) is 125 Å². The highest BCUT2D eigenvalue weighted by molar-refractivity contribution is 5.78. The third kappa shape index (κ3) is 1.86. The summed E-state index contributed by atoms with van der Waals surface area (Å²) in [6.45, 7) is 0. The van der Waals surface area contributed by atoms with Crippen LogP contribution < -0.4 is 0 Å². The maximum absolute atomic E-state index is 10.7. The Labute approximate surface area is 109 Å². The first-order valence-electron chi connectivity index (χ1n) is 5.34. The Morgan fingerprint density at radius 2 is 1.80 bits per heavy atom. The summed E-state index contributed by atoms with van der Waals surface area (Å²) in [5, 5.41) is 21.2. The van der Waals surface area contributed by atoms with E-state index in [0.29, 0.717) is 5.58 Å². The van der Waals surface area contributed by atoms with Crippen molar-refractivity contribution in [2.75, 3.05) is 0 Å². The number of nitro benzene ring substituents is 1. The first kappa shape index (κ1) is 11.8. The van der Waals surface area contributed by atoms with Gasteiger partial charge in [-0.2, -0.15) is 0 Å². The number of rotatable bonds is 3. The summed E-state index contributed by atoms with van der Waals surface area (Å²) in [7, 11) is 0. The number of nitro groups is 2. The molecular weight excluding hydrogens is 270 g/mol. The molecule has 0 saturated heterocycles. The van der Waals surface area contributed by atoms with E-state index in [1.807, 2.05) is 0 Å². The Kier molecular flexibility index (Phi) is 2.46. The minimum Gasteiger partial charge on any atom is -0.434 e. The van der Waals surface area contributed by atoms with Crippen LogP contribution >= 0.6 is 0 Å². The predicted molar refractivity (Wildman–Crippen MR) is 65.0 cm³/mol. The third-order valence-corrected chi connectivity index (χ3v) is 2.56. The van der Waals surface area contributed by atoms with Crippen LogP contribution in [-0.2, 0) is 0 Å². The summed E-state index contributed by atoms with van der Waals surface area (Å²) >= 11 is 0. The van der Waals surface area contributed by atoms with E-state index in [4.69, 9.17) is 8.83 Å². The zero-order valence-electron chi connectivity index (χ0n) is 9.68. The van der Waals surface area contributed by atoms with Gasteiger partial charge in [0.2, 0.25) is 0 Å². The second kappa shape index (κ2) is 4.16. The van der Waals surface area contributed by atoms with Gasteiger partial charge in [0.05, 0.1) is 11.0 Å². The lowest BCUT2D eigenvalue weighted by Gasteiger charge is -1.88. The Hall–Kier alpha value is -3.23. The zero-order chi connectivity index (χ0) is 14.3. The van der Waals surface area contributed by atoms with Crippen LogP contribution in [0.4, 0.5) is 11.6 Å². The molecule has 0 spiro atoms. The van der Waals surface area contributed by atoms with Gasteiger partial charge in [-0.1, -0.05) is 0 Å². The standard InChI is InChI=1S/C11H5N3O6/c15-13(16)6-1-2-8-7(5-6)12-11(20-8)9-3-4-10(19-9)14(17)18/h1-5H. The van der Waals surface area contributed by atoms with Crippen molar-refractivity contribution in [3.63, 3.8) is 0 Å². The van der Waals surface area contributed by atoms with Crippen molar-refractivity contribution >= 4 is 22.7 Å². The molecule has 9 nitrogen and oxygen atoms in total. The molecule has 0 aliphatic rings. The summed E-state index contributed by atoms with van der Waals surface area (Å²) in [6.07, 6.45) is 0. The molecule has 0 N–H and O–H groups in total. The third-order valence-electron chi connectivity index (χ3n) is 2.56. The van der Waals surface area contributed by atoms with Crippen molar-refractivity contribution in [1.82, 2.24) is 4.98 Å². The summed E-state index contributed by atoms with van der Waals surface area (Å²) in [6, 6.07) is 6.45. The summed E-state index contributed by atoms with van der Waals surface area (Å²) in [5.41, 5.74) is 0.473. The number of nitrogens with zero attached hydrogens (tertiary/aromatic N) is 3. The van der Waals surface area contributed by atoms with Crippen molar-refractivity contribution in [2.45, 2.75) is 0 Å². The van der Waals surface area contributed by atoms with Gasteiger partial charge in [-0.25, -0.2) is 4.98 Å². The maximum atomic E-state index is 10.7. The van der Waals surface area contributed by atoms with Gasteiger partial charge in [-0.15, -0.1) is 0 Å². The monoisotopic (exact) mass is 275 g/mol. The van der Waals surface area contributed by atoms with Gasteiger partial charge in [0.15, 0.2) is 11.3 Å². The van der Waals surface area contributed by atoms with Gasteiger partial charge in [-0.3, -0.25) is 20.2 Å². The molecule has 0 saturated carbocycles. The molecule has 2 aromatic heterocycles. The molecule has 0 aliphatic carbocycles. The van der Waals surface area contributed by atoms with E-state index in [1.165, 1.54) is 30.3 Å². The number of benzene rings is 1. The molecule has 0 bridgehead atoms. The molecule has 0 unspecified atom stereocenters. The van der Waals surface area contributed by atoms with Crippen molar-refractivity contribution in [1.29, 1.82) is 0 Å². The number of aromatic nitrogens is 1. The van der Waals surface area contributed by atoms with Crippen LogP contribution in [0.25, 0.3) is 22.8 Å². The minimum absolute atomic E-state index is 0.0218. The van der Waals surface area contributed by atoms with Gasteiger partial charge in [-0.05, 0) is 12.1 Å². The van der Waals surface area contributed by atoms with Gasteiger partial charge in [0.1, 0.15) is 10.4 Å². The van der Waals surface area contributed by atoms with E-state index >= 15 is 0 Å². The molecular formula is C11H5N3O6. The van der Waals surface area contributed by atoms with E-state index in [2.05, 4.69) is 4.98 Å². The largest absolute Gasteiger partial charge is 0.434 e. The van der Waals surface area contributed by atoms with Gasteiger partial charge < -0.3 is 8.83 Å². The average Bonchev–Trinajstić information content (AvgIpc) is 3.04. The number of fused-ring (bicyclic) bond motifs is 1. The average molecular weight is 275 g/mol. The van der Waals surface area contributed by atoms with E-state index in [9.17, 15) is 20.2 Å². The fourth-order valence-corrected chi connectivity index (χ4v) is 1.68. The van der Waals surface area contributed by atoms with Crippen molar-refractivity contribution < 1.29 is 18.7 Å². The van der Waals surface area contributed by atoms with Gasteiger partial charge in [0, 0.05) is 12.1 Å². The predicted octanol–water partition coefficient (Wildman–Crippen LogP) is 2.90. The quantitative estimate of drug-likeness (QED) is 0.531. The molecule has 0 fully saturated rings. The molecule has 2 heterocycles. The Morgan fingerprint density at radius 1 is 1.00 bits per heavy atom. The smallest absolute Gasteiger partial charge is 0.433 e.